The van der Waals surface area contributed by atoms with Crippen LogP contribution in [0.2, 0.25) is 5.02 Å². The highest BCUT2D eigenvalue weighted by Gasteiger charge is 2.45. The average molecular weight is 749 g/mol. The summed E-state index contributed by atoms with van der Waals surface area (Å²) in [6.07, 6.45) is 9.57. The minimum Gasteiger partial charge on any atom is -0.493 e. The van der Waals surface area contributed by atoms with Gasteiger partial charge in [0.1, 0.15) is 5.82 Å². The lowest BCUT2D eigenvalue weighted by Crippen LogP contribution is -2.22. The molecule has 0 bridgehead atoms. The molecule has 2 aliphatic carbocycles. The van der Waals surface area contributed by atoms with E-state index in [4.69, 9.17) is 25.7 Å². The van der Waals surface area contributed by atoms with E-state index in [0.29, 0.717) is 29.5 Å². The molecule has 1 fully saturated rings. The molecule has 270 valence electrons. The van der Waals surface area contributed by atoms with Crippen LogP contribution in [-0.4, -0.2) is 51.7 Å². The van der Waals surface area contributed by atoms with Crippen molar-refractivity contribution in [3.05, 3.63) is 105 Å². The summed E-state index contributed by atoms with van der Waals surface area (Å²) in [5.74, 6) is 2.22. The van der Waals surface area contributed by atoms with E-state index in [2.05, 4.69) is 38.7 Å². The average Bonchev–Trinajstić information content (AvgIpc) is 4.02. The van der Waals surface area contributed by atoms with E-state index < -0.39 is 0 Å². The van der Waals surface area contributed by atoms with Gasteiger partial charge in [0, 0.05) is 47.7 Å². The maximum atomic E-state index is 14.0. The second-order valence-corrected chi connectivity index (χ2v) is 15.6. The van der Waals surface area contributed by atoms with Crippen LogP contribution in [-0.2, 0) is 25.7 Å². The van der Waals surface area contributed by atoms with Gasteiger partial charge in [-0.1, -0.05) is 23.7 Å². The number of nitrogens with zero attached hydrogens (tertiary/aromatic N) is 5. The second-order valence-electron chi connectivity index (χ2n) is 14.1. The van der Waals surface area contributed by atoms with Crippen LogP contribution < -0.4 is 10.1 Å². The van der Waals surface area contributed by atoms with E-state index >= 15 is 0 Å². The zero-order valence-corrected chi connectivity index (χ0v) is 31.3. The molecule has 10 rings (SSSR count). The molecule has 1 amide bonds. The number of halogens is 2. The molecule has 6 heterocycles. The van der Waals surface area contributed by atoms with Crippen molar-refractivity contribution in [3.63, 3.8) is 0 Å². The fraction of sp³-hybridized carbons (Fsp3) is 0.341. The van der Waals surface area contributed by atoms with Crippen molar-refractivity contribution in [2.75, 3.05) is 26.0 Å². The zero-order valence-electron chi connectivity index (χ0n) is 29.8. The summed E-state index contributed by atoms with van der Waals surface area (Å²) in [7, 11) is 3.40. The number of benzene rings is 2. The number of thiophene rings is 1. The molecule has 9 nitrogen and oxygen atoms in total. The first kappa shape index (κ1) is 33.9. The summed E-state index contributed by atoms with van der Waals surface area (Å²) in [4.78, 5) is 26.9. The number of hydrogen-bond acceptors (Lipinski definition) is 9. The van der Waals surface area contributed by atoms with Crippen molar-refractivity contribution in [3.8, 4) is 27.6 Å². The predicted octanol–water partition coefficient (Wildman–Crippen LogP) is 9.30. The lowest BCUT2D eigenvalue weighted by atomic mass is 9.89. The summed E-state index contributed by atoms with van der Waals surface area (Å²) in [6, 6.07) is 13.7. The highest BCUT2D eigenvalue weighted by molar-refractivity contribution is 7.23. The lowest BCUT2D eigenvalue weighted by Gasteiger charge is -2.19. The predicted molar refractivity (Wildman–Crippen MR) is 205 cm³/mol. The highest BCUT2D eigenvalue weighted by atomic mass is 35.5. The second kappa shape index (κ2) is 13.5. The minimum atomic E-state index is -0.238. The van der Waals surface area contributed by atoms with Crippen molar-refractivity contribution in [1.82, 2.24) is 25.1 Å². The van der Waals surface area contributed by atoms with Gasteiger partial charge in [-0.05, 0) is 110 Å². The van der Waals surface area contributed by atoms with E-state index in [9.17, 15) is 9.18 Å². The number of pyridine rings is 2. The van der Waals surface area contributed by atoms with Crippen LogP contribution >= 0.6 is 22.9 Å². The first-order valence-corrected chi connectivity index (χ1v) is 19.4. The number of ether oxygens (including phenoxy) is 1. The van der Waals surface area contributed by atoms with E-state index in [1.807, 2.05) is 30.1 Å². The number of fused-ring (bicyclic) bond motifs is 6. The summed E-state index contributed by atoms with van der Waals surface area (Å²) in [5.41, 5.74) is 9.01. The Labute approximate surface area is 315 Å². The topological polar surface area (TPSA) is 106 Å². The van der Waals surface area contributed by atoms with Gasteiger partial charge in [0.05, 0.1) is 40.4 Å². The van der Waals surface area contributed by atoms with Gasteiger partial charge < -0.3 is 19.4 Å². The van der Waals surface area contributed by atoms with Gasteiger partial charge in [-0.15, -0.1) is 21.5 Å². The minimum absolute atomic E-state index is 0.00653. The fourth-order valence-electron chi connectivity index (χ4n) is 8.78. The Morgan fingerprint density at radius 1 is 1.04 bits per heavy atom. The van der Waals surface area contributed by atoms with Crippen LogP contribution in [0.15, 0.2) is 53.1 Å². The van der Waals surface area contributed by atoms with E-state index in [1.165, 1.54) is 29.9 Å². The van der Waals surface area contributed by atoms with Gasteiger partial charge in [0.25, 0.3) is 5.91 Å². The van der Waals surface area contributed by atoms with Crippen molar-refractivity contribution in [1.29, 1.82) is 0 Å². The van der Waals surface area contributed by atoms with Crippen molar-refractivity contribution in [2.24, 2.45) is 0 Å². The largest absolute Gasteiger partial charge is 0.493 e. The molecule has 4 aliphatic rings. The number of carbonyl (C=O) groups excluding carboxylic acids is 1. The van der Waals surface area contributed by atoms with Gasteiger partial charge in [-0.25, -0.2) is 9.37 Å². The van der Waals surface area contributed by atoms with Gasteiger partial charge in [0.2, 0.25) is 11.8 Å². The molecule has 4 aromatic heterocycles. The van der Waals surface area contributed by atoms with Crippen LogP contribution in [0, 0.1) is 12.7 Å². The smallest absolute Gasteiger partial charge is 0.257 e. The van der Waals surface area contributed by atoms with Crippen LogP contribution in [0.4, 0.5) is 10.2 Å². The standard InChI is InChI=1S/C31H27ClN6O2S.C10H11FO/c1-15-36-37-30(40-15)24-21(13-17-6-5-16-12-19(32)7-8-20(16)17)35-27-22-4-3-11-38(22)31(39)26(27)25(24)23-14-18-9-10-34-29(33-2)28(18)41-23;1-12-10-8-4-2-3-7(8)5-6-9(10)11/h7-10,12,14,17,22H,3-6,11,13H2,1-2H3,(H,33,34);5-6H,2-4H2,1H3. The number of carbonyl (C=O) groups is 1. The molecule has 2 aromatic carbocycles. The molecule has 0 saturated carbocycles. The van der Waals surface area contributed by atoms with Crippen molar-refractivity contribution >= 4 is 44.7 Å². The third kappa shape index (κ3) is 5.76. The molecule has 6 aromatic rings. The summed E-state index contributed by atoms with van der Waals surface area (Å²) >= 11 is 7.95. The molecule has 2 atom stereocenters. The Balaban J connectivity index is 0.000000263. The van der Waals surface area contributed by atoms with Gasteiger partial charge in [-0.3, -0.25) is 9.78 Å². The van der Waals surface area contributed by atoms with Crippen molar-refractivity contribution < 1.29 is 18.3 Å². The lowest BCUT2D eigenvalue weighted by molar-refractivity contribution is 0.0776. The number of anilines is 1. The van der Waals surface area contributed by atoms with Crippen LogP contribution in [0.25, 0.3) is 32.0 Å². The molecular formula is C41H38ClFN6O3S. The van der Waals surface area contributed by atoms with Crippen LogP contribution in [0.3, 0.4) is 0 Å². The molecule has 2 unspecified atom stereocenters. The number of methoxy groups -OCH3 is 1. The number of nitrogens with one attached hydrogen (secondary N) is 1. The molecule has 2 aliphatic heterocycles. The third-order valence-corrected chi connectivity index (χ3v) is 12.5. The summed E-state index contributed by atoms with van der Waals surface area (Å²) < 4.78 is 25.3. The SMILES string of the molecule is CNc1nccc2cc(-c3c4c(nc(CC5CCc6cc(Cl)ccc65)c3-c3nnc(C)o3)C3CCCN3C4=O)sc12.COc1c(F)ccc2c1CCC2. The van der Waals surface area contributed by atoms with Gasteiger partial charge >= 0.3 is 0 Å². The molecular weight excluding hydrogens is 711 g/mol. The normalized spacial score (nSPS) is 18.1. The molecule has 12 heteroatoms. The van der Waals surface area contributed by atoms with Crippen LogP contribution in [0.5, 0.6) is 5.75 Å². The molecule has 1 N–H and O–H groups in total. The number of aromatic nitrogens is 4. The number of amides is 1. The quantitative estimate of drug-likeness (QED) is 0.180. The Kier molecular flexibility index (Phi) is 8.66. The van der Waals surface area contributed by atoms with Gasteiger partial charge in [0.15, 0.2) is 11.6 Å². The maximum absolute atomic E-state index is 14.0. The third-order valence-electron chi connectivity index (χ3n) is 11.1. The van der Waals surface area contributed by atoms with Gasteiger partial charge in [-0.2, -0.15) is 0 Å². The number of hydrogen-bond donors (Lipinski definition) is 1. The number of aryl methyl sites for hydroxylation is 3. The van der Waals surface area contributed by atoms with Crippen molar-refractivity contribution in [2.45, 2.75) is 70.3 Å². The monoisotopic (exact) mass is 748 g/mol. The highest BCUT2D eigenvalue weighted by Crippen LogP contribution is 2.51. The van der Waals surface area contributed by atoms with E-state index in [-0.39, 0.29) is 23.7 Å². The molecule has 53 heavy (non-hydrogen) atoms. The Morgan fingerprint density at radius 3 is 2.74 bits per heavy atom. The molecule has 0 spiro atoms. The Bertz CT molecular complexity index is 2430. The Morgan fingerprint density at radius 2 is 1.92 bits per heavy atom. The zero-order chi connectivity index (χ0) is 36.4. The fourth-order valence-corrected chi connectivity index (χ4v) is 10.2. The maximum Gasteiger partial charge on any atom is 0.257 e. The first-order chi connectivity index (χ1) is 25.8. The van der Waals surface area contributed by atoms with E-state index in [0.717, 1.165) is 105 Å². The van der Waals surface area contributed by atoms with E-state index in [1.54, 1.807) is 24.5 Å². The van der Waals surface area contributed by atoms with Crippen LogP contribution in [0.1, 0.15) is 87.5 Å². The summed E-state index contributed by atoms with van der Waals surface area (Å²) in [6.45, 7) is 2.54. The Hall–Kier alpha value is -4.87. The first-order valence-electron chi connectivity index (χ1n) is 18.2. The molecule has 0 radical (unpaired) electrons. The molecule has 1 saturated heterocycles. The summed E-state index contributed by atoms with van der Waals surface area (Å²) in [5, 5.41) is 13.7. The number of rotatable bonds is 6.